The number of aromatic nitrogens is 2. The maximum atomic E-state index is 8.90. The first-order valence-corrected chi connectivity index (χ1v) is 6.82. The minimum Gasteiger partial charge on any atom is -0.368 e. The largest absolute Gasteiger partial charge is 0.368 e. The van der Waals surface area contributed by atoms with Gasteiger partial charge in [0.25, 0.3) is 0 Å². The van der Waals surface area contributed by atoms with Gasteiger partial charge in [0.05, 0.1) is 18.2 Å². The third-order valence-corrected chi connectivity index (χ3v) is 3.45. The molecule has 1 aromatic carbocycles. The van der Waals surface area contributed by atoms with Crippen LogP contribution in [0.4, 0.5) is 10.8 Å². The Morgan fingerprint density at radius 1 is 1.42 bits per heavy atom. The summed E-state index contributed by atoms with van der Waals surface area (Å²) in [5.74, 6) is 0. The highest BCUT2D eigenvalue weighted by atomic mass is 32.1. The Balaban J connectivity index is 2.07. The predicted molar refractivity (Wildman–Crippen MR) is 77.3 cm³/mol. The van der Waals surface area contributed by atoms with Crippen molar-refractivity contribution >= 4 is 22.2 Å². The van der Waals surface area contributed by atoms with Crippen LogP contribution in [0.25, 0.3) is 0 Å². The van der Waals surface area contributed by atoms with Crippen molar-refractivity contribution in [1.82, 2.24) is 10.2 Å². The molecule has 98 valence electrons. The van der Waals surface area contributed by atoms with Gasteiger partial charge in [-0.05, 0) is 25.1 Å². The summed E-state index contributed by atoms with van der Waals surface area (Å²) in [6, 6.07) is 9.67. The molecule has 1 heterocycles. The summed E-state index contributed by atoms with van der Waals surface area (Å²) in [5, 5.41) is 22.0. The zero-order chi connectivity index (χ0) is 13.7. The molecule has 0 aliphatic rings. The molecule has 0 atom stereocenters. The first kappa shape index (κ1) is 13.3. The number of nitrogens with zero attached hydrogens (tertiary/aromatic N) is 4. The van der Waals surface area contributed by atoms with Crippen molar-refractivity contribution in [3.8, 4) is 6.07 Å². The van der Waals surface area contributed by atoms with E-state index in [4.69, 9.17) is 5.26 Å². The summed E-state index contributed by atoms with van der Waals surface area (Å²) >= 11 is 1.55. The van der Waals surface area contributed by atoms with Gasteiger partial charge in [0.2, 0.25) is 5.13 Å². The first-order chi connectivity index (χ1) is 9.22. The van der Waals surface area contributed by atoms with Gasteiger partial charge >= 0.3 is 0 Å². The highest BCUT2D eigenvalue weighted by Gasteiger charge is 2.08. The molecule has 0 spiro atoms. The van der Waals surface area contributed by atoms with Crippen molar-refractivity contribution in [2.24, 2.45) is 0 Å². The van der Waals surface area contributed by atoms with E-state index in [-0.39, 0.29) is 0 Å². The van der Waals surface area contributed by atoms with Gasteiger partial charge in [-0.3, -0.25) is 0 Å². The van der Waals surface area contributed by atoms with E-state index < -0.39 is 0 Å². The second-order valence-electron chi connectivity index (χ2n) is 4.05. The standard InChI is InChI=1S/C13H15N5S/c1-3-15-13-17-16-12(19-13)9-18(2)11-6-4-5-10(7-11)8-14/h4-7H,3,9H2,1-2H3,(H,15,17). The molecule has 1 aromatic heterocycles. The third-order valence-electron chi connectivity index (χ3n) is 2.58. The van der Waals surface area contributed by atoms with Crippen LogP contribution in [0.2, 0.25) is 0 Å². The van der Waals surface area contributed by atoms with Gasteiger partial charge in [-0.15, -0.1) is 10.2 Å². The summed E-state index contributed by atoms with van der Waals surface area (Å²) in [6.45, 7) is 3.55. The molecule has 0 radical (unpaired) electrons. The van der Waals surface area contributed by atoms with Gasteiger partial charge in [-0.1, -0.05) is 17.4 Å². The molecule has 0 amide bonds. The van der Waals surface area contributed by atoms with Crippen molar-refractivity contribution in [3.05, 3.63) is 34.8 Å². The number of nitrogens with one attached hydrogen (secondary N) is 1. The molecule has 0 aliphatic carbocycles. The lowest BCUT2D eigenvalue weighted by molar-refractivity contribution is 0.880. The Morgan fingerprint density at radius 3 is 3.00 bits per heavy atom. The van der Waals surface area contributed by atoms with E-state index >= 15 is 0 Å². The van der Waals surface area contributed by atoms with Crippen LogP contribution in [0.5, 0.6) is 0 Å². The van der Waals surface area contributed by atoms with Crippen LogP contribution >= 0.6 is 11.3 Å². The van der Waals surface area contributed by atoms with Crippen LogP contribution in [-0.4, -0.2) is 23.8 Å². The van der Waals surface area contributed by atoms with E-state index in [1.807, 2.05) is 32.2 Å². The molecule has 0 unspecified atom stereocenters. The number of anilines is 2. The molecule has 0 bridgehead atoms. The summed E-state index contributed by atoms with van der Waals surface area (Å²) in [4.78, 5) is 2.05. The Labute approximate surface area is 116 Å². The molecule has 5 nitrogen and oxygen atoms in total. The van der Waals surface area contributed by atoms with Gasteiger partial charge in [0.1, 0.15) is 5.01 Å². The van der Waals surface area contributed by atoms with Crippen molar-refractivity contribution in [1.29, 1.82) is 5.26 Å². The molecule has 1 N–H and O–H groups in total. The lowest BCUT2D eigenvalue weighted by Gasteiger charge is -2.17. The normalized spacial score (nSPS) is 9.95. The predicted octanol–water partition coefficient (Wildman–Crippen LogP) is 2.48. The quantitative estimate of drug-likeness (QED) is 0.906. The fraction of sp³-hybridized carbons (Fsp3) is 0.308. The van der Waals surface area contributed by atoms with Gasteiger partial charge in [0.15, 0.2) is 0 Å². The lowest BCUT2D eigenvalue weighted by Crippen LogP contribution is -2.16. The van der Waals surface area contributed by atoms with E-state index in [0.29, 0.717) is 12.1 Å². The molecule has 2 rings (SSSR count). The highest BCUT2D eigenvalue weighted by molar-refractivity contribution is 7.15. The first-order valence-electron chi connectivity index (χ1n) is 6.00. The van der Waals surface area contributed by atoms with E-state index in [1.165, 1.54) is 0 Å². The van der Waals surface area contributed by atoms with Crippen molar-refractivity contribution < 1.29 is 0 Å². The zero-order valence-corrected chi connectivity index (χ0v) is 11.7. The number of hydrogen-bond acceptors (Lipinski definition) is 6. The number of benzene rings is 1. The molecule has 0 aliphatic heterocycles. The molecular formula is C13H15N5S. The highest BCUT2D eigenvalue weighted by Crippen LogP contribution is 2.20. The van der Waals surface area contributed by atoms with Crippen LogP contribution in [0, 0.1) is 11.3 Å². The number of hydrogen-bond donors (Lipinski definition) is 1. The number of nitriles is 1. The summed E-state index contributed by atoms with van der Waals surface area (Å²) in [7, 11) is 1.98. The van der Waals surface area contributed by atoms with Crippen LogP contribution in [0.15, 0.2) is 24.3 Å². The van der Waals surface area contributed by atoms with Crippen LogP contribution in [0.1, 0.15) is 17.5 Å². The molecule has 19 heavy (non-hydrogen) atoms. The minimum absolute atomic E-state index is 0.662. The van der Waals surface area contributed by atoms with Crippen LogP contribution in [-0.2, 0) is 6.54 Å². The average Bonchev–Trinajstić information content (AvgIpc) is 2.86. The summed E-state index contributed by atoms with van der Waals surface area (Å²) in [6.07, 6.45) is 0. The molecule has 2 aromatic rings. The maximum Gasteiger partial charge on any atom is 0.205 e. The van der Waals surface area contributed by atoms with Crippen molar-refractivity contribution in [2.45, 2.75) is 13.5 Å². The molecule has 0 fully saturated rings. The van der Waals surface area contributed by atoms with E-state index in [9.17, 15) is 0 Å². The minimum atomic E-state index is 0.662. The molecule has 0 saturated heterocycles. The second-order valence-corrected chi connectivity index (χ2v) is 5.11. The third kappa shape index (κ3) is 3.42. The van der Waals surface area contributed by atoms with E-state index in [0.717, 1.165) is 22.4 Å². The monoisotopic (exact) mass is 273 g/mol. The Kier molecular flexibility index (Phi) is 4.31. The lowest BCUT2D eigenvalue weighted by atomic mass is 10.2. The zero-order valence-electron chi connectivity index (χ0n) is 10.9. The van der Waals surface area contributed by atoms with Gasteiger partial charge in [-0.2, -0.15) is 5.26 Å². The van der Waals surface area contributed by atoms with Crippen molar-refractivity contribution in [2.75, 3.05) is 23.8 Å². The van der Waals surface area contributed by atoms with E-state index in [2.05, 4.69) is 26.5 Å². The SMILES string of the molecule is CCNc1nnc(CN(C)c2cccc(C#N)c2)s1. The fourth-order valence-corrected chi connectivity index (χ4v) is 2.51. The van der Waals surface area contributed by atoms with Crippen LogP contribution < -0.4 is 10.2 Å². The topological polar surface area (TPSA) is 64.8 Å². The fourth-order valence-electron chi connectivity index (χ4n) is 1.65. The maximum absolute atomic E-state index is 8.90. The van der Waals surface area contributed by atoms with Crippen LogP contribution in [0.3, 0.4) is 0 Å². The Hall–Kier alpha value is -2.13. The average molecular weight is 273 g/mol. The Bertz CT molecular complexity index is 587. The van der Waals surface area contributed by atoms with Gasteiger partial charge in [-0.25, -0.2) is 0 Å². The van der Waals surface area contributed by atoms with Gasteiger partial charge < -0.3 is 10.2 Å². The number of rotatable bonds is 5. The second kappa shape index (κ2) is 6.16. The van der Waals surface area contributed by atoms with E-state index in [1.54, 1.807) is 17.4 Å². The summed E-state index contributed by atoms with van der Waals surface area (Å²) in [5.41, 5.74) is 1.66. The van der Waals surface area contributed by atoms with Gasteiger partial charge in [0, 0.05) is 19.3 Å². The molecule has 0 saturated carbocycles. The smallest absolute Gasteiger partial charge is 0.205 e. The molecule has 6 heteroatoms. The van der Waals surface area contributed by atoms with Crippen molar-refractivity contribution in [3.63, 3.8) is 0 Å². The molecular weight excluding hydrogens is 258 g/mol. The summed E-state index contributed by atoms with van der Waals surface area (Å²) < 4.78 is 0. The Morgan fingerprint density at radius 2 is 2.26 bits per heavy atom.